The van der Waals surface area contributed by atoms with Gasteiger partial charge in [0.1, 0.15) is 0 Å². The van der Waals surface area contributed by atoms with Crippen molar-refractivity contribution in [2.24, 2.45) is 0 Å². The molecule has 6 nitrogen and oxygen atoms in total. The SMILES string of the molecule is CCn1nc(C2CCOCC2)nc1-c1cc(-c2ccccc2)on1. The van der Waals surface area contributed by atoms with Gasteiger partial charge in [0.25, 0.3) is 0 Å². The first-order valence-corrected chi connectivity index (χ1v) is 8.40. The van der Waals surface area contributed by atoms with Crippen molar-refractivity contribution in [1.29, 1.82) is 0 Å². The molecule has 124 valence electrons. The van der Waals surface area contributed by atoms with Crippen molar-refractivity contribution in [2.45, 2.75) is 32.2 Å². The predicted molar refractivity (Wildman–Crippen MR) is 89.4 cm³/mol. The minimum absolute atomic E-state index is 0.366. The molecule has 3 aromatic rings. The van der Waals surface area contributed by atoms with E-state index in [0.717, 1.165) is 61.3 Å². The summed E-state index contributed by atoms with van der Waals surface area (Å²) in [5, 5.41) is 8.89. The highest BCUT2D eigenvalue weighted by atomic mass is 16.5. The Bertz CT molecular complexity index is 804. The van der Waals surface area contributed by atoms with Crippen LogP contribution in [0, 0.1) is 0 Å². The van der Waals surface area contributed by atoms with E-state index in [1.54, 1.807) is 0 Å². The van der Waals surface area contributed by atoms with Crippen molar-refractivity contribution >= 4 is 0 Å². The van der Waals surface area contributed by atoms with Crippen LogP contribution in [0.1, 0.15) is 31.5 Å². The van der Waals surface area contributed by atoms with Gasteiger partial charge in [0.2, 0.25) is 0 Å². The van der Waals surface area contributed by atoms with Crippen molar-refractivity contribution in [1.82, 2.24) is 19.9 Å². The molecule has 0 bridgehead atoms. The van der Waals surface area contributed by atoms with Crippen LogP contribution < -0.4 is 0 Å². The van der Waals surface area contributed by atoms with Crippen molar-refractivity contribution in [2.75, 3.05) is 13.2 Å². The second kappa shape index (κ2) is 6.57. The summed E-state index contributed by atoms with van der Waals surface area (Å²) in [5.41, 5.74) is 1.73. The largest absolute Gasteiger partial charge is 0.381 e. The quantitative estimate of drug-likeness (QED) is 0.734. The maximum absolute atomic E-state index is 5.51. The number of nitrogens with zero attached hydrogens (tertiary/aromatic N) is 4. The van der Waals surface area contributed by atoms with Gasteiger partial charge in [-0.2, -0.15) is 5.10 Å². The molecular weight excluding hydrogens is 304 g/mol. The zero-order chi connectivity index (χ0) is 16.4. The van der Waals surface area contributed by atoms with Crippen LogP contribution in [0.3, 0.4) is 0 Å². The number of rotatable bonds is 4. The number of ether oxygens (including phenoxy) is 1. The van der Waals surface area contributed by atoms with E-state index in [1.807, 2.05) is 41.1 Å². The molecule has 0 saturated carbocycles. The van der Waals surface area contributed by atoms with E-state index in [0.29, 0.717) is 5.92 Å². The van der Waals surface area contributed by atoms with Crippen molar-refractivity contribution < 1.29 is 9.26 Å². The Labute approximate surface area is 140 Å². The lowest BCUT2D eigenvalue weighted by atomic mass is 10.00. The molecule has 1 fully saturated rings. The van der Waals surface area contributed by atoms with Gasteiger partial charge < -0.3 is 9.26 Å². The van der Waals surface area contributed by atoms with Crippen LogP contribution in [-0.2, 0) is 11.3 Å². The third-order valence-electron chi connectivity index (χ3n) is 4.37. The Hall–Kier alpha value is -2.47. The monoisotopic (exact) mass is 324 g/mol. The van der Waals surface area contributed by atoms with E-state index < -0.39 is 0 Å². The molecule has 1 aliphatic heterocycles. The molecule has 4 rings (SSSR count). The average molecular weight is 324 g/mol. The molecule has 0 aliphatic carbocycles. The van der Waals surface area contributed by atoms with Crippen LogP contribution in [0.4, 0.5) is 0 Å². The molecule has 0 amide bonds. The smallest absolute Gasteiger partial charge is 0.180 e. The summed E-state index contributed by atoms with van der Waals surface area (Å²) in [4.78, 5) is 4.76. The van der Waals surface area contributed by atoms with Crippen LogP contribution in [0.5, 0.6) is 0 Å². The molecule has 0 radical (unpaired) electrons. The van der Waals surface area contributed by atoms with Crippen LogP contribution in [0.15, 0.2) is 40.9 Å². The molecule has 0 unspecified atom stereocenters. The van der Waals surface area contributed by atoms with Gasteiger partial charge in [0.15, 0.2) is 23.1 Å². The van der Waals surface area contributed by atoms with Gasteiger partial charge in [0.05, 0.1) is 0 Å². The lowest BCUT2D eigenvalue weighted by molar-refractivity contribution is 0.0835. The van der Waals surface area contributed by atoms with Crippen molar-refractivity contribution in [3.05, 3.63) is 42.2 Å². The Morgan fingerprint density at radius 1 is 1.17 bits per heavy atom. The second-order valence-corrected chi connectivity index (χ2v) is 5.94. The Kier molecular flexibility index (Phi) is 4.13. The standard InChI is InChI=1S/C18H20N4O2/c1-2-22-18(19-17(20-22)14-8-10-23-11-9-14)15-12-16(24-21-15)13-6-4-3-5-7-13/h3-7,12,14H,2,8-11H2,1H3. The molecule has 24 heavy (non-hydrogen) atoms. The fraction of sp³-hybridized carbons (Fsp3) is 0.389. The van der Waals surface area contributed by atoms with Gasteiger partial charge in [-0.15, -0.1) is 0 Å². The van der Waals surface area contributed by atoms with E-state index in [2.05, 4.69) is 17.2 Å². The molecule has 1 aliphatic rings. The van der Waals surface area contributed by atoms with Gasteiger partial charge in [-0.1, -0.05) is 35.5 Å². The van der Waals surface area contributed by atoms with E-state index in [9.17, 15) is 0 Å². The molecule has 3 heterocycles. The number of aryl methyl sites for hydroxylation is 1. The molecule has 0 N–H and O–H groups in total. The molecule has 6 heteroatoms. The zero-order valence-electron chi connectivity index (χ0n) is 13.7. The summed E-state index contributed by atoms with van der Waals surface area (Å²) in [6.45, 7) is 4.37. The van der Waals surface area contributed by atoms with Crippen molar-refractivity contribution in [3.8, 4) is 22.8 Å². The van der Waals surface area contributed by atoms with Crippen LogP contribution in [-0.4, -0.2) is 33.1 Å². The van der Waals surface area contributed by atoms with Crippen molar-refractivity contribution in [3.63, 3.8) is 0 Å². The zero-order valence-corrected chi connectivity index (χ0v) is 13.7. The van der Waals surface area contributed by atoms with E-state index in [4.69, 9.17) is 14.2 Å². The van der Waals surface area contributed by atoms with E-state index in [1.165, 1.54) is 0 Å². The Morgan fingerprint density at radius 3 is 2.71 bits per heavy atom. The highest BCUT2D eigenvalue weighted by Crippen LogP contribution is 2.29. The second-order valence-electron chi connectivity index (χ2n) is 5.94. The van der Waals surface area contributed by atoms with E-state index >= 15 is 0 Å². The highest BCUT2D eigenvalue weighted by molar-refractivity contribution is 5.63. The first-order valence-electron chi connectivity index (χ1n) is 8.40. The summed E-state index contributed by atoms with van der Waals surface area (Å²) in [7, 11) is 0. The Balaban J connectivity index is 1.66. The van der Waals surface area contributed by atoms with Gasteiger partial charge in [0, 0.05) is 37.3 Å². The summed E-state index contributed by atoms with van der Waals surface area (Å²) >= 11 is 0. The summed E-state index contributed by atoms with van der Waals surface area (Å²) in [6.07, 6.45) is 1.95. The third kappa shape index (κ3) is 2.85. The molecule has 2 aromatic heterocycles. The normalized spacial score (nSPS) is 15.7. The molecular formula is C18H20N4O2. The minimum atomic E-state index is 0.366. The molecule has 1 aromatic carbocycles. The summed E-state index contributed by atoms with van der Waals surface area (Å²) < 4.78 is 12.8. The van der Waals surface area contributed by atoms with Crippen LogP contribution in [0.2, 0.25) is 0 Å². The van der Waals surface area contributed by atoms with Gasteiger partial charge in [-0.25, -0.2) is 9.67 Å². The first kappa shape index (κ1) is 15.1. The molecule has 0 atom stereocenters. The number of aromatic nitrogens is 4. The molecule has 0 spiro atoms. The fourth-order valence-corrected chi connectivity index (χ4v) is 3.02. The third-order valence-corrected chi connectivity index (χ3v) is 4.37. The maximum atomic E-state index is 5.51. The van der Waals surface area contributed by atoms with E-state index in [-0.39, 0.29) is 0 Å². The summed E-state index contributed by atoms with van der Waals surface area (Å²) in [5.74, 6) is 2.76. The van der Waals surface area contributed by atoms with Gasteiger partial charge in [-0.05, 0) is 19.8 Å². The fourth-order valence-electron chi connectivity index (χ4n) is 3.02. The molecule has 1 saturated heterocycles. The number of benzene rings is 1. The predicted octanol–water partition coefficient (Wildman–Crippen LogP) is 3.51. The van der Waals surface area contributed by atoms with Gasteiger partial charge >= 0.3 is 0 Å². The Morgan fingerprint density at radius 2 is 1.96 bits per heavy atom. The number of hydrogen-bond acceptors (Lipinski definition) is 5. The first-order chi connectivity index (χ1) is 11.8. The van der Waals surface area contributed by atoms with Crippen LogP contribution in [0.25, 0.3) is 22.8 Å². The lowest BCUT2D eigenvalue weighted by Crippen LogP contribution is -2.15. The maximum Gasteiger partial charge on any atom is 0.180 e. The van der Waals surface area contributed by atoms with Crippen LogP contribution >= 0.6 is 0 Å². The minimum Gasteiger partial charge on any atom is -0.381 e. The number of hydrogen-bond donors (Lipinski definition) is 0. The summed E-state index contributed by atoms with van der Waals surface area (Å²) in [6, 6.07) is 11.9. The lowest BCUT2D eigenvalue weighted by Gasteiger charge is -2.18. The van der Waals surface area contributed by atoms with Gasteiger partial charge in [-0.3, -0.25) is 0 Å². The average Bonchev–Trinajstić information content (AvgIpc) is 3.30. The highest BCUT2D eigenvalue weighted by Gasteiger charge is 2.23. The topological polar surface area (TPSA) is 66.0 Å².